The Balaban J connectivity index is 0.000000171. The Hall–Kier alpha value is -4.02. The molecule has 0 spiro atoms. The molecule has 3 N–H and O–H groups in total. The number of carbonyl (C=O) groups excluding carboxylic acids is 3. The standard InChI is InChI=1S/C14H20BNO4.C13H9NO3S.C6H5BrO2S/c1-13(2)14(3,4)20-15(19-13)10-8-6-7-9(11(10)16)12(17)18-5;1-17-13(16)8-4-2-3-7-10(8)14-12(15)9-5-6-18-11(7)9;1-9-6(8)4-2-3-10-5(4)7/h6-8H,16H2,1-5H3;2-6H,1H3,(H,14,15);2-3H,1H3. The summed E-state index contributed by atoms with van der Waals surface area (Å²) in [5.74, 6) is -1.22. The summed E-state index contributed by atoms with van der Waals surface area (Å²) in [6, 6.07) is 14.0. The van der Waals surface area contributed by atoms with Gasteiger partial charge in [-0.1, -0.05) is 24.3 Å². The lowest BCUT2D eigenvalue weighted by Gasteiger charge is -2.32. The fourth-order valence-corrected chi connectivity index (χ4v) is 6.77. The molecule has 1 saturated heterocycles. The van der Waals surface area contributed by atoms with Crippen LogP contribution in [0.15, 0.2) is 67.9 Å². The number of halogens is 1. The van der Waals surface area contributed by atoms with Gasteiger partial charge < -0.3 is 34.2 Å². The Labute approximate surface area is 293 Å². The molecular formula is C33H34BBrN2O9S2. The van der Waals surface area contributed by atoms with E-state index in [9.17, 15) is 19.2 Å². The lowest BCUT2D eigenvalue weighted by atomic mass is 9.77. The number of aromatic amines is 1. The number of aromatic nitrogens is 1. The van der Waals surface area contributed by atoms with Gasteiger partial charge in [-0.2, -0.15) is 0 Å². The van der Waals surface area contributed by atoms with E-state index in [1.807, 2.05) is 44.5 Å². The Morgan fingerprint density at radius 1 is 0.771 bits per heavy atom. The lowest BCUT2D eigenvalue weighted by Crippen LogP contribution is -2.41. The van der Waals surface area contributed by atoms with Crippen molar-refractivity contribution in [1.29, 1.82) is 0 Å². The molecule has 0 saturated carbocycles. The number of thiophene rings is 2. The average Bonchev–Trinajstić information content (AvgIpc) is 3.78. The topological polar surface area (TPSA) is 156 Å². The number of benzene rings is 2. The minimum Gasteiger partial charge on any atom is -0.465 e. The van der Waals surface area contributed by atoms with Crippen LogP contribution in [0.4, 0.5) is 5.69 Å². The summed E-state index contributed by atoms with van der Waals surface area (Å²) in [6.07, 6.45) is 0. The number of ether oxygens (including phenoxy) is 3. The molecule has 0 bridgehead atoms. The molecule has 0 atom stereocenters. The smallest absolute Gasteiger partial charge is 0.465 e. The number of nitrogens with one attached hydrogen (secondary N) is 1. The van der Waals surface area contributed by atoms with Crippen LogP contribution in [0, 0.1) is 0 Å². The van der Waals surface area contributed by atoms with Gasteiger partial charge in [-0.05, 0) is 78.7 Å². The van der Waals surface area contributed by atoms with Gasteiger partial charge in [0.2, 0.25) is 0 Å². The maximum atomic E-state index is 11.9. The minimum absolute atomic E-state index is 0.185. The highest BCUT2D eigenvalue weighted by Gasteiger charge is 2.52. The second-order valence-corrected chi connectivity index (χ2v) is 14.5. The van der Waals surface area contributed by atoms with Crippen LogP contribution in [0.2, 0.25) is 0 Å². The van der Waals surface area contributed by atoms with Crippen LogP contribution in [0.25, 0.3) is 21.0 Å². The molecule has 5 aromatic rings. The van der Waals surface area contributed by atoms with Crippen LogP contribution in [0.1, 0.15) is 58.8 Å². The zero-order valence-electron chi connectivity index (χ0n) is 27.3. The van der Waals surface area contributed by atoms with Crippen LogP contribution in [-0.2, 0) is 23.5 Å². The molecule has 11 nitrogen and oxygen atoms in total. The number of hydrogen-bond acceptors (Lipinski definition) is 12. The molecule has 2 aromatic carbocycles. The maximum Gasteiger partial charge on any atom is 0.496 e. The van der Waals surface area contributed by atoms with E-state index in [1.165, 1.54) is 44.0 Å². The number of nitrogens with two attached hydrogens (primary N) is 1. The summed E-state index contributed by atoms with van der Waals surface area (Å²) in [5.41, 5.74) is 7.76. The van der Waals surface area contributed by atoms with Crippen molar-refractivity contribution in [2.45, 2.75) is 38.9 Å². The van der Waals surface area contributed by atoms with Crippen molar-refractivity contribution < 1.29 is 37.9 Å². The molecule has 1 aliphatic rings. The zero-order valence-corrected chi connectivity index (χ0v) is 30.5. The third-order valence-electron chi connectivity index (χ3n) is 7.94. The second kappa shape index (κ2) is 15.0. The quantitative estimate of drug-likeness (QED) is 0.0940. The van der Waals surface area contributed by atoms with Gasteiger partial charge in [-0.25, -0.2) is 14.4 Å². The third kappa shape index (κ3) is 7.50. The second-order valence-electron chi connectivity index (χ2n) is 11.3. The molecule has 15 heteroatoms. The Bertz CT molecular complexity index is 2020. The van der Waals surface area contributed by atoms with Crippen molar-refractivity contribution in [2.24, 2.45) is 0 Å². The highest BCUT2D eigenvalue weighted by Crippen LogP contribution is 2.37. The Morgan fingerprint density at radius 2 is 1.31 bits per heavy atom. The number of anilines is 1. The van der Waals surface area contributed by atoms with Gasteiger partial charge in [0.1, 0.15) is 0 Å². The summed E-state index contributed by atoms with van der Waals surface area (Å²) in [7, 11) is 3.42. The van der Waals surface area contributed by atoms with Gasteiger partial charge in [-0.15, -0.1) is 22.7 Å². The van der Waals surface area contributed by atoms with Crippen LogP contribution in [0.3, 0.4) is 0 Å². The van der Waals surface area contributed by atoms with Crippen molar-refractivity contribution in [1.82, 2.24) is 4.98 Å². The monoisotopic (exact) mass is 756 g/mol. The van der Waals surface area contributed by atoms with Crippen LogP contribution in [-0.4, -0.2) is 62.5 Å². The highest BCUT2D eigenvalue weighted by atomic mass is 79.9. The van der Waals surface area contributed by atoms with Gasteiger partial charge in [0.15, 0.2) is 0 Å². The predicted molar refractivity (Wildman–Crippen MR) is 193 cm³/mol. The van der Waals surface area contributed by atoms with E-state index in [2.05, 4.69) is 25.7 Å². The van der Waals surface area contributed by atoms with Gasteiger partial charge in [0.25, 0.3) is 5.56 Å². The van der Waals surface area contributed by atoms with Crippen molar-refractivity contribution in [2.75, 3.05) is 27.1 Å². The number of para-hydroxylation sites is 2. The zero-order chi connectivity index (χ0) is 35.4. The SMILES string of the molecule is COC(=O)c1cccc(B2OC(C)(C)C(C)(C)O2)c1N.COC(=O)c1cccc2c1[nH]c(=O)c1ccsc12.COC(=O)c1ccsc1Br. The first-order valence-corrected chi connectivity index (χ1v) is 17.0. The molecule has 48 heavy (non-hydrogen) atoms. The van der Waals surface area contributed by atoms with Gasteiger partial charge >= 0.3 is 25.0 Å². The van der Waals surface area contributed by atoms with Gasteiger partial charge in [0.05, 0.1) is 63.9 Å². The van der Waals surface area contributed by atoms with Crippen molar-refractivity contribution in [3.05, 3.63) is 90.1 Å². The molecule has 6 rings (SSSR count). The average molecular weight is 757 g/mol. The van der Waals surface area contributed by atoms with E-state index in [0.717, 1.165) is 13.9 Å². The number of H-pyrrole nitrogens is 1. The summed E-state index contributed by atoms with van der Waals surface area (Å²) in [4.78, 5) is 48.9. The predicted octanol–water partition coefficient (Wildman–Crippen LogP) is 6.18. The molecule has 4 heterocycles. The summed E-state index contributed by atoms with van der Waals surface area (Å²) >= 11 is 6.18. The largest absolute Gasteiger partial charge is 0.496 e. The van der Waals surface area contributed by atoms with E-state index >= 15 is 0 Å². The molecule has 1 fully saturated rings. The molecule has 3 aromatic heterocycles. The first-order valence-electron chi connectivity index (χ1n) is 14.4. The van der Waals surface area contributed by atoms with E-state index in [-0.39, 0.29) is 11.5 Å². The fraction of sp³-hybridized carbons (Fsp3) is 0.273. The maximum absolute atomic E-state index is 11.9. The number of methoxy groups -OCH3 is 3. The van der Waals surface area contributed by atoms with Crippen molar-refractivity contribution >= 4 is 95.8 Å². The van der Waals surface area contributed by atoms with Gasteiger partial charge in [0, 0.05) is 21.2 Å². The third-order valence-corrected chi connectivity index (χ3v) is 10.6. The van der Waals surface area contributed by atoms with E-state index in [4.69, 9.17) is 24.5 Å². The Morgan fingerprint density at radius 3 is 1.90 bits per heavy atom. The fourth-order valence-electron chi connectivity index (χ4n) is 4.63. The number of hydrogen-bond donors (Lipinski definition) is 2. The van der Waals surface area contributed by atoms with E-state index < -0.39 is 30.3 Å². The summed E-state index contributed by atoms with van der Waals surface area (Å²) in [6.45, 7) is 7.86. The molecule has 0 radical (unpaired) electrons. The van der Waals surface area contributed by atoms with Crippen LogP contribution >= 0.6 is 38.6 Å². The van der Waals surface area contributed by atoms with Crippen LogP contribution < -0.4 is 16.8 Å². The molecule has 252 valence electrons. The summed E-state index contributed by atoms with van der Waals surface area (Å²) in [5, 5.41) is 5.21. The van der Waals surface area contributed by atoms with E-state index in [1.54, 1.807) is 42.5 Å². The van der Waals surface area contributed by atoms with E-state index in [0.29, 0.717) is 38.7 Å². The van der Waals surface area contributed by atoms with Gasteiger partial charge in [-0.3, -0.25) is 4.79 Å². The molecule has 0 amide bonds. The number of rotatable bonds is 4. The number of esters is 3. The lowest BCUT2D eigenvalue weighted by molar-refractivity contribution is 0.00578. The molecular weight excluding hydrogens is 723 g/mol. The molecule has 0 aliphatic carbocycles. The van der Waals surface area contributed by atoms with Crippen molar-refractivity contribution in [3.8, 4) is 0 Å². The number of carbonyl (C=O) groups is 3. The number of pyridine rings is 1. The van der Waals surface area contributed by atoms with Crippen LogP contribution in [0.5, 0.6) is 0 Å². The molecule has 0 unspecified atom stereocenters. The molecule has 1 aliphatic heterocycles. The minimum atomic E-state index is -0.593. The number of nitrogen functional groups attached to an aromatic ring is 1. The number of fused-ring (bicyclic) bond motifs is 3. The normalized spacial score (nSPS) is 14.4. The first kappa shape index (κ1) is 36.8. The highest BCUT2D eigenvalue weighted by molar-refractivity contribution is 9.11. The van der Waals surface area contributed by atoms with Crippen molar-refractivity contribution in [3.63, 3.8) is 0 Å². The first-order chi connectivity index (χ1) is 22.7. The Kier molecular flexibility index (Phi) is 11.5. The summed E-state index contributed by atoms with van der Waals surface area (Å²) < 4.78 is 27.5.